The first kappa shape index (κ1) is 17.1. The van der Waals surface area contributed by atoms with Crippen molar-refractivity contribution in [1.29, 1.82) is 0 Å². The van der Waals surface area contributed by atoms with Gasteiger partial charge < -0.3 is 5.73 Å². The summed E-state index contributed by atoms with van der Waals surface area (Å²) in [7, 11) is -3.38. The average molecular weight is 298 g/mol. The van der Waals surface area contributed by atoms with E-state index in [1.807, 2.05) is 19.1 Å². The van der Waals surface area contributed by atoms with Crippen LogP contribution in [0.3, 0.4) is 0 Å². The average Bonchev–Trinajstić information content (AvgIpc) is 2.36. The van der Waals surface area contributed by atoms with E-state index in [0.29, 0.717) is 11.4 Å². The smallest absolute Gasteiger partial charge is 0.240 e. The molecule has 0 heterocycles. The molecule has 0 aliphatic carbocycles. The van der Waals surface area contributed by atoms with Crippen molar-refractivity contribution < 1.29 is 8.42 Å². The summed E-state index contributed by atoms with van der Waals surface area (Å²) in [6.45, 7) is 8.69. The topological polar surface area (TPSA) is 72.2 Å². The third-order valence-corrected chi connectivity index (χ3v) is 4.82. The van der Waals surface area contributed by atoms with E-state index in [2.05, 4.69) is 25.5 Å². The van der Waals surface area contributed by atoms with E-state index in [1.54, 1.807) is 12.1 Å². The molecular weight excluding hydrogens is 272 g/mol. The highest BCUT2D eigenvalue weighted by molar-refractivity contribution is 7.89. The van der Waals surface area contributed by atoms with Crippen molar-refractivity contribution in [2.75, 3.05) is 6.54 Å². The minimum absolute atomic E-state index is 0.0351. The molecule has 1 aromatic rings. The Balaban J connectivity index is 2.79. The van der Waals surface area contributed by atoms with E-state index < -0.39 is 10.0 Å². The molecule has 0 aliphatic heterocycles. The summed E-state index contributed by atoms with van der Waals surface area (Å²) >= 11 is 0. The summed E-state index contributed by atoms with van der Waals surface area (Å²) in [6, 6.07) is 7.01. The maximum atomic E-state index is 11.9. The van der Waals surface area contributed by atoms with Gasteiger partial charge in [0, 0.05) is 12.6 Å². The fraction of sp³-hybridized carbons (Fsp3) is 0.600. The Hall–Kier alpha value is -0.910. The van der Waals surface area contributed by atoms with Gasteiger partial charge in [-0.2, -0.15) is 0 Å². The number of nitrogens with one attached hydrogen (secondary N) is 1. The Morgan fingerprint density at radius 2 is 1.75 bits per heavy atom. The zero-order valence-electron chi connectivity index (χ0n) is 12.8. The summed E-state index contributed by atoms with van der Waals surface area (Å²) in [5.41, 5.74) is 7.23. The summed E-state index contributed by atoms with van der Waals surface area (Å²) in [4.78, 5) is 0.305. The second-order valence-corrected chi connectivity index (χ2v) is 7.99. The predicted octanol–water partition coefficient (Wildman–Crippen LogP) is 2.29. The molecule has 0 fully saturated rings. The lowest BCUT2D eigenvalue weighted by molar-refractivity contribution is 0.318. The van der Waals surface area contributed by atoms with Gasteiger partial charge in [0.25, 0.3) is 0 Å². The molecule has 0 spiro atoms. The number of hydrogen-bond donors (Lipinski definition) is 2. The first-order chi connectivity index (χ1) is 9.16. The monoisotopic (exact) mass is 298 g/mol. The molecule has 0 saturated carbocycles. The lowest BCUT2D eigenvalue weighted by Crippen LogP contribution is -2.36. The van der Waals surface area contributed by atoms with E-state index in [-0.39, 0.29) is 11.5 Å². The van der Waals surface area contributed by atoms with Gasteiger partial charge in [-0.1, -0.05) is 39.8 Å². The Morgan fingerprint density at radius 1 is 1.20 bits per heavy atom. The highest BCUT2D eigenvalue weighted by Gasteiger charge is 2.21. The van der Waals surface area contributed by atoms with E-state index in [4.69, 9.17) is 5.73 Å². The number of benzene rings is 1. The van der Waals surface area contributed by atoms with Gasteiger partial charge in [0.15, 0.2) is 0 Å². The number of hydrogen-bond acceptors (Lipinski definition) is 3. The van der Waals surface area contributed by atoms with Crippen LogP contribution in [0.2, 0.25) is 0 Å². The number of nitrogens with two attached hydrogens (primary N) is 1. The summed E-state index contributed by atoms with van der Waals surface area (Å²) in [5.74, 6) is 0. The van der Waals surface area contributed by atoms with Crippen LogP contribution in [0.25, 0.3) is 0 Å². The van der Waals surface area contributed by atoms with Gasteiger partial charge in [-0.05, 0) is 36.0 Å². The Kier molecular flexibility index (Phi) is 5.74. The second-order valence-electron chi connectivity index (χ2n) is 6.22. The van der Waals surface area contributed by atoms with E-state index in [1.165, 1.54) is 0 Å². The summed E-state index contributed by atoms with van der Waals surface area (Å²) < 4.78 is 26.5. The lowest BCUT2D eigenvalue weighted by Gasteiger charge is -2.27. The maximum Gasteiger partial charge on any atom is 0.240 e. The molecule has 0 aliphatic rings. The van der Waals surface area contributed by atoms with E-state index in [9.17, 15) is 8.42 Å². The van der Waals surface area contributed by atoms with Crippen LogP contribution in [0.15, 0.2) is 29.2 Å². The molecule has 1 unspecified atom stereocenters. The van der Waals surface area contributed by atoms with Crippen molar-refractivity contribution in [2.24, 2.45) is 11.1 Å². The molecule has 0 saturated heterocycles. The molecule has 5 heteroatoms. The molecule has 0 amide bonds. The lowest BCUT2D eigenvalue weighted by atomic mass is 9.84. The zero-order chi connectivity index (χ0) is 15.4. The minimum Gasteiger partial charge on any atom is -0.327 e. The fourth-order valence-corrected chi connectivity index (χ4v) is 2.82. The molecule has 4 nitrogen and oxygen atoms in total. The van der Waals surface area contributed by atoms with Crippen molar-refractivity contribution in [3.8, 4) is 0 Å². The van der Waals surface area contributed by atoms with Crippen molar-refractivity contribution in [3.63, 3.8) is 0 Å². The van der Waals surface area contributed by atoms with Gasteiger partial charge in [0.05, 0.1) is 4.90 Å². The van der Waals surface area contributed by atoms with E-state index in [0.717, 1.165) is 18.4 Å². The third-order valence-electron chi connectivity index (χ3n) is 3.34. The highest BCUT2D eigenvalue weighted by Crippen LogP contribution is 2.21. The molecule has 0 radical (unpaired) electrons. The van der Waals surface area contributed by atoms with Crippen molar-refractivity contribution in [3.05, 3.63) is 29.8 Å². The van der Waals surface area contributed by atoms with E-state index >= 15 is 0 Å². The summed E-state index contributed by atoms with van der Waals surface area (Å²) in [6.07, 6.45) is 1.52. The van der Waals surface area contributed by atoms with Crippen LogP contribution >= 0.6 is 0 Å². The van der Waals surface area contributed by atoms with Gasteiger partial charge in [0.2, 0.25) is 10.0 Å². The van der Waals surface area contributed by atoms with Crippen molar-refractivity contribution >= 4 is 10.0 Å². The summed E-state index contributed by atoms with van der Waals surface area (Å²) in [5, 5.41) is 0. The fourth-order valence-electron chi connectivity index (χ4n) is 1.68. The first-order valence-electron chi connectivity index (χ1n) is 7.01. The zero-order valence-corrected chi connectivity index (χ0v) is 13.6. The number of rotatable bonds is 6. The van der Waals surface area contributed by atoms with Crippen LogP contribution in [0.5, 0.6) is 0 Å². The Bertz CT molecular complexity index is 516. The van der Waals surface area contributed by atoms with Gasteiger partial charge in [0.1, 0.15) is 0 Å². The molecule has 0 bridgehead atoms. The molecule has 20 heavy (non-hydrogen) atoms. The Morgan fingerprint density at radius 3 is 2.20 bits per heavy atom. The second kappa shape index (κ2) is 6.70. The van der Waals surface area contributed by atoms with Crippen LogP contribution in [0.1, 0.15) is 39.7 Å². The predicted molar refractivity (Wildman–Crippen MR) is 83.1 cm³/mol. The van der Waals surface area contributed by atoms with Crippen molar-refractivity contribution in [1.82, 2.24) is 4.72 Å². The highest BCUT2D eigenvalue weighted by atomic mass is 32.2. The van der Waals surface area contributed by atoms with Crippen LogP contribution in [0, 0.1) is 5.41 Å². The molecule has 3 N–H and O–H groups in total. The molecular formula is C15H26N2O2S. The Labute approximate surface area is 122 Å². The van der Waals surface area contributed by atoms with Crippen LogP contribution in [-0.2, 0) is 16.4 Å². The third kappa shape index (κ3) is 4.89. The molecule has 1 aromatic carbocycles. The minimum atomic E-state index is -3.38. The normalized spacial score (nSPS) is 14.2. The van der Waals surface area contributed by atoms with Crippen molar-refractivity contribution in [2.45, 2.75) is 51.5 Å². The molecule has 114 valence electrons. The standard InChI is InChI=1S/C15H26N2O2S/c1-5-10-17-20(18,19)13-8-6-12(7-9-13)11-14(16)15(2,3)4/h6-9,14,17H,5,10-11,16H2,1-4H3. The SMILES string of the molecule is CCCNS(=O)(=O)c1ccc(CC(N)C(C)(C)C)cc1. The van der Waals surface area contributed by atoms with Crippen LogP contribution < -0.4 is 10.5 Å². The molecule has 1 rings (SSSR count). The molecule has 1 atom stereocenters. The van der Waals surface area contributed by atoms with Gasteiger partial charge in [-0.15, -0.1) is 0 Å². The van der Waals surface area contributed by atoms with Gasteiger partial charge >= 0.3 is 0 Å². The van der Waals surface area contributed by atoms with Gasteiger partial charge in [-0.25, -0.2) is 13.1 Å². The largest absolute Gasteiger partial charge is 0.327 e. The first-order valence-corrected chi connectivity index (χ1v) is 8.49. The van der Waals surface area contributed by atoms with Crippen LogP contribution in [0.4, 0.5) is 0 Å². The van der Waals surface area contributed by atoms with Crippen LogP contribution in [-0.4, -0.2) is 21.0 Å². The molecule has 0 aromatic heterocycles. The number of sulfonamides is 1. The maximum absolute atomic E-state index is 11.9. The van der Waals surface area contributed by atoms with Gasteiger partial charge in [-0.3, -0.25) is 0 Å². The quantitative estimate of drug-likeness (QED) is 0.846.